The molecule has 2 aliphatic heterocycles. The van der Waals surface area contributed by atoms with E-state index in [1.807, 2.05) is 51.2 Å². The Morgan fingerprint density at radius 1 is 0.918 bits per heavy atom. The first-order chi connectivity index (χ1) is 28.7. The summed E-state index contributed by atoms with van der Waals surface area (Å²) in [6.45, 7) is 23.3. The van der Waals surface area contributed by atoms with Gasteiger partial charge in [-0.05, 0) is 88.7 Å². The molecular formula is C50H61MgN5O5-2. The number of allylic oxidation sites excluding steroid dienone is 3. The molecule has 61 heavy (non-hydrogen) atoms. The van der Waals surface area contributed by atoms with Gasteiger partial charge in [0.05, 0.1) is 0 Å². The molecule has 10 nitrogen and oxygen atoms in total. The first kappa shape index (κ1) is 47.4. The van der Waals surface area contributed by atoms with Gasteiger partial charge < -0.3 is 29.7 Å². The summed E-state index contributed by atoms with van der Waals surface area (Å²) in [6.07, 6.45) is 18.5. The number of aromatic nitrogens is 3. The molecule has 0 spiro atoms. The molecule has 3 aromatic heterocycles. The first-order valence-corrected chi connectivity index (χ1v) is 21.7. The molecule has 4 atom stereocenters. The Morgan fingerprint density at radius 2 is 1.62 bits per heavy atom. The van der Waals surface area contributed by atoms with Crippen LogP contribution in [0.1, 0.15) is 154 Å². The molecule has 0 aromatic carbocycles. The van der Waals surface area contributed by atoms with Crippen molar-refractivity contribution in [1.29, 1.82) is 5.41 Å². The van der Waals surface area contributed by atoms with Crippen molar-refractivity contribution in [2.45, 2.75) is 120 Å². The van der Waals surface area contributed by atoms with Gasteiger partial charge in [-0.1, -0.05) is 125 Å². The standard InChI is InChI=1S/C50H62N5O5.Mg/c1-11-34-30(7)37-23-39-32(9)36(19-20-43(56)59-22-21-29(6)18-14-17-28(5)16-13-15-27(3)4)47(54-39)45-46(50(58)60-26-51)49(57)44-33(10)40(55-48(44)45)25-42-35(12-2)31(8)38(53-42)24-41(34)52-37;/h11,21,23-28,32,36,46,51H,1,12-20,22H2,2-10H3,(H-,54,55,57);/q-3;+2/p-1/b29-21+,38-24-,39-23-,42-25-,51-26?;/t28-,32+,36+,46-;/m1./s1. The van der Waals surface area contributed by atoms with Crippen LogP contribution in [0.5, 0.6) is 0 Å². The molecule has 1 saturated heterocycles. The van der Waals surface area contributed by atoms with Crippen LogP contribution in [0.15, 0.2) is 29.6 Å². The fourth-order valence-electron chi connectivity index (χ4n) is 9.13. The Kier molecular flexibility index (Phi) is 15.9. The second kappa shape index (κ2) is 20.5. The van der Waals surface area contributed by atoms with Crippen LogP contribution in [0, 0.1) is 55.8 Å². The average molecular weight is 836 g/mol. The number of carbonyl (C=O) groups excluding carboxylic acids is 3. The molecule has 5 heterocycles. The molecule has 1 aliphatic carbocycles. The Labute approximate surface area is 377 Å². The summed E-state index contributed by atoms with van der Waals surface area (Å²) in [5, 5.41) is 14.3. The maximum Gasteiger partial charge on any atom is 2.00 e. The second-order valence-corrected chi connectivity index (χ2v) is 17.4. The van der Waals surface area contributed by atoms with E-state index >= 15 is 0 Å². The predicted molar refractivity (Wildman–Crippen MR) is 244 cm³/mol. The number of fused-ring (bicyclic) bond motifs is 7. The molecule has 6 rings (SSSR count). The maximum atomic E-state index is 14.4. The van der Waals surface area contributed by atoms with Crippen molar-refractivity contribution in [1.82, 2.24) is 15.0 Å². The molecule has 8 bridgehead atoms. The summed E-state index contributed by atoms with van der Waals surface area (Å²) in [5.74, 6) is -2.16. The third-order valence-corrected chi connectivity index (χ3v) is 12.8. The van der Waals surface area contributed by atoms with Crippen LogP contribution in [0.2, 0.25) is 0 Å². The fraction of sp³-hybridized carbons (Fsp3) is 0.480. The van der Waals surface area contributed by atoms with Crippen LogP contribution in [-0.2, 0) is 25.5 Å². The van der Waals surface area contributed by atoms with E-state index in [2.05, 4.69) is 48.1 Å². The zero-order valence-corrected chi connectivity index (χ0v) is 39.1. The zero-order valence-electron chi connectivity index (χ0n) is 37.7. The summed E-state index contributed by atoms with van der Waals surface area (Å²) in [4.78, 5) is 56.5. The van der Waals surface area contributed by atoms with E-state index in [1.54, 1.807) is 0 Å². The van der Waals surface area contributed by atoms with E-state index in [1.165, 1.54) is 31.3 Å². The third-order valence-electron chi connectivity index (χ3n) is 12.8. The number of hydrogen-bond acceptors (Lipinski definition) is 6. The van der Waals surface area contributed by atoms with Gasteiger partial charge in [-0.3, -0.25) is 19.8 Å². The minimum absolute atomic E-state index is 0. The van der Waals surface area contributed by atoms with E-state index in [0.717, 1.165) is 69.5 Å². The van der Waals surface area contributed by atoms with E-state index < -0.39 is 17.7 Å². The number of carbonyl (C=O) groups is 3. The van der Waals surface area contributed by atoms with Gasteiger partial charge in [-0.25, -0.2) is 0 Å². The van der Waals surface area contributed by atoms with Crippen molar-refractivity contribution < 1.29 is 23.9 Å². The molecular weight excluding hydrogens is 775 g/mol. The Hall–Kier alpha value is -4.61. The molecule has 3 aliphatic rings. The van der Waals surface area contributed by atoms with E-state index in [9.17, 15) is 14.4 Å². The Bertz CT molecular complexity index is 2400. The SMILES string of the molecule is C=Cc1c2[n-]c(c1C)/C=C1\[N-]/C(=C3\c4[n-]c(c(C)c4C(=O)[C@@H]3C(=O)OC=N)/C=c3\[n-]/c(c(C)c3CC)=C\2)[C@@H](CCC(=O)OC/C=C(\C)CCC[C@H](C)CCCC(C)C)[C@@H]1C.[Mg+2]. The monoisotopic (exact) mass is 835 g/mol. The fourth-order valence-corrected chi connectivity index (χ4v) is 9.13. The molecule has 1 fully saturated rings. The topological polar surface area (TPSA) is 150 Å². The number of Topliss-reactive ketones (excluding diaryl/α,β-unsaturated/α-hetero) is 1. The molecule has 3 aromatic rings. The van der Waals surface area contributed by atoms with Gasteiger partial charge in [0, 0.05) is 12.0 Å². The van der Waals surface area contributed by atoms with Gasteiger partial charge >= 0.3 is 35.0 Å². The first-order valence-electron chi connectivity index (χ1n) is 21.7. The second-order valence-electron chi connectivity index (χ2n) is 17.4. The smallest absolute Gasteiger partial charge is 0.664 e. The number of esters is 2. The van der Waals surface area contributed by atoms with Crippen molar-refractivity contribution in [2.24, 2.45) is 29.6 Å². The number of ether oxygens (including phenoxy) is 2. The van der Waals surface area contributed by atoms with E-state index in [0.29, 0.717) is 58.2 Å². The quantitative estimate of drug-likeness (QED) is 0.0355. The number of rotatable bonds is 17. The summed E-state index contributed by atoms with van der Waals surface area (Å²) in [6, 6.07) is 0. The predicted octanol–water partition coefficient (Wildman–Crippen LogP) is 8.54. The van der Waals surface area contributed by atoms with Crippen LogP contribution >= 0.6 is 0 Å². The molecule has 320 valence electrons. The number of nitrogens with one attached hydrogen (secondary N) is 1. The summed E-state index contributed by atoms with van der Waals surface area (Å²) < 4.78 is 10.8. The van der Waals surface area contributed by atoms with Crippen LogP contribution in [0.25, 0.3) is 35.2 Å². The largest absolute Gasteiger partial charge is 2.00 e. The van der Waals surface area contributed by atoms with Gasteiger partial charge in [0.15, 0.2) is 12.2 Å². The molecule has 0 amide bonds. The van der Waals surface area contributed by atoms with Gasteiger partial charge in [0.1, 0.15) is 12.5 Å². The molecule has 1 N–H and O–H groups in total. The molecule has 0 radical (unpaired) electrons. The van der Waals surface area contributed by atoms with E-state index in [-0.39, 0.29) is 53.9 Å². The Balaban J connectivity index is 0.00000704. The maximum absolute atomic E-state index is 14.4. The van der Waals surface area contributed by atoms with E-state index in [4.69, 9.17) is 35.2 Å². The normalized spacial score (nSPS) is 21.7. The number of hydrogen-bond donors (Lipinski definition) is 1. The third kappa shape index (κ3) is 10.0. The van der Waals surface area contributed by atoms with Gasteiger partial charge in [0.25, 0.3) is 0 Å². The molecule has 0 unspecified atom stereocenters. The minimum Gasteiger partial charge on any atom is -0.664 e. The molecule has 0 saturated carbocycles. The number of nitrogens with zero attached hydrogens (tertiary/aromatic N) is 4. The van der Waals surface area contributed by atoms with Crippen LogP contribution in [0.3, 0.4) is 0 Å². The van der Waals surface area contributed by atoms with Crippen LogP contribution in [-0.4, -0.2) is 53.8 Å². The van der Waals surface area contributed by atoms with Crippen LogP contribution in [0.4, 0.5) is 0 Å². The van der Waals surface area contributed by atoms with Crippen molar-refractivity contribution in [3.8, 4) is 0 Å². The van der Waals surface area contributed by atoms with Crippen molar-refractivity contribution in [2.75, 3.05) is 6.61 Å². The van der Waals surface area contributed by atoms with Crippen LogP contribution < -0.4 is 25.7 Å². The summed E-state index contributed by atoms with van der Waals surface area (Å²) >= 11 is 0. The molecule has 11 heteroatoms. The van der Waals surface area contributed by atoms with Gasteiger partial charge in [0.2, 0.25) is 0 Å². The number of ketones is 1. The summed E-state index contributed by atoms with van der Waals surface area (Å²) in [5.41, 5.74) is 10.1. The summed E-state index contributed by atoms with van der Waals surface area (Å²) in [7, 11) is 0. The minimum atomic E-state index is -1.36. The van der Waals surface area contributed by atoms with Gasteiger partial charge in [-0.15, -0.1) is 33.5 Å². The average Bonchev–Trinajstić information content (AvgIpc) is 3.94. The van der Waals surface area contributed by atoms with Gasteiger partial charge in [-0.2, -0.15) is 11.4 Å². The van der Waals surface area contributed by atoms with Crippen molar-refractivity contribution >= 4 is 77.1 Å². The Morgan fingerprint density at radius 3 is 2.31 bits per heavy atom. The zero-order chi connectivity index (χ0) is 43.4. The van der Waals surface area contributed by atoms with Crippen molar-refractivity contribution in [3.63, 3.8) is 0 Å². The van der Waals surface area contributed by atoms with Crippen molar-refractivity contribution in [3.05, 3.63) is 102 Å².